The van der Waals surface area contributed by atoms with Gasteiger partial charge in [-0.05, 0) is 50.5 Å². The number of amides is 1. The second-order valence-corrected chi connectivity index (χ2v) is 6.17. The highest BCUT2D eigenvalue weighted by Gasteiger charge is 2.28. The SMILES string of the molecule is Cc1c(Cl)cc(NC(=O)O)cc1CC1COC(C)(C)OC1. The van der Waals surface area contributed by atoms with E-state index in [0.717, 1.165) is 17.5 Å². The third kappa shape index (κ3) is 4.33. The van der Waals surface area contributed by atoms with E-state index in [1.54, 1.807) is 6.07 Å². The second kappa shape index (κ2) is 6.22. The third-order valence-corrected chi connectivity index (χ3v) is 3.94. The molecule has 1 saturated heterocycles. The van der Waals surface area contributed by atoms with Crippen LogP contribution in [0.4, 0.5) is 10.5 Å². The summed E-state index contributed by atoms with van der Waals surface area (Å²) < 4.78 is 11.3. The molecular weight excluding hydrogens is 294 g/mol. The molecular formula is C15H20ClNO4. The summed E-state index contributed by atoms with van der Waals surface area (Å²) in [4.78, 5) is 10.7. The monoisotopic (exact) mass is 313 g/mol. The number of nitrogens with one attached hydrogen (secondary N) is 1. The predicted molar refractivity (Wildman–Crippen MR) is 81.0 cm³/mol. The Morgan fingerprint density at radius 2 is 2.05 bits per heavy atom. The van der Waals surface area contributed by atoms with Gasteiger partial charge in [0.15, 0.2) is 5.79 Å². The van der Waals surface area contributed by atoms with Crippen molar-refractivity contribution < 1.29 is 19.4 Å². The summed E-state index contributed by atoms with van der Waals surface area (Å²) in [6.45, 7) is 6.93. The van der Waals surface area contributed by atoms with Gasteiger partial charge in [0, 0.05) is 16.6 Å². The van der Waals surface area contributed by atoms with Crippen molar-refractivity contribution in [2.45, 2.75) is 33.0 Å². The molecule has 1 aromatic carbocycles. The Bertz CT molecular complexity index is 535. The number of hydrogen-bond donors (Lipinski definition) is 2. The van der Waals surface area contributed by atoms with E-state index in [1.165, 1.54) is 0 Å². The predicted octanol–water partition coefficient (Wildman–Crippen LogP) is 3.68. The zero-order chi connectivity index (χ0) is 15.6. The van der Waals surface area contributed by atoms with Crippen LogP contribution in [0, 0.1) is 12.8 Å². The van der Waals surface area contributed by atoms with E-state index < -0.39 is 11.9 Å². The Hall–Kier alpha value is -1.30. The lowest BCUT2D eigenvalue weighted by Gasteiger charge is -2.35. The van der Waals surface area contributed by atoms with Crippen LogP contribution in [-0.2, 0) is 15.9 Å². The molecule has 1 amide bonds. The molecule has 1 heterocycles. The van der Waals surface area contributed by atoms with E-state index >= 15 is 0 Å². The van der Waals surface area contributed by atoms with Gasteiger partial charge >= 0.3 is 6.09 Å². The first-order chi connectivity index (χ1) is 9.77. The molecule has 1 aromatic rings. The Balaban J connectivity index is 2.12. The number of halogens is 1. The zero-order valence-corrected chi connectivity index (χ0v) is 13.2. The van der Waals surface area contributed by atoms with Crippen LogP contribution in [0.2, 0.25) is 5.02 Å². The molecule has 116 valence electrons. The number of benzene rings is 1. The number of carboxylic acid groups (broad SMARTS) is 1. The van der Waals surface area contributed by atoms with Crippen LogP contribution in [-0.4, -0.2) is 30.2 Å². The molecule has 2 N–H and O–H groups in total. The van der Waals surface area contributed by atoms with Gasteiger partial charge in [-0.25, -0.2) is 4.79 Å². The number of carbonyl (C=O) groups is 1. The molecule has 0 atom stereocenters. The maximum atomic E-state index is 10.7. The number of anilines is 1. The van der Waals surface area contributed by atoms with Gasteiger partial charge in [-0.1, -0.05) is 11.6 Å². The summed E-state index contributed by atoms with van der Waals surface area (Å²) in [6.07, 6.45) is -0.372. The van der Waals surface area contributed by atoms with Crippen LogP contribution in [0.25, 0.3) is 0 Å². The highest BCUT2D eigenvalue weighted by Crippen LogP contribution is 2.29. The van der Waals surface area contributed by atoms with Gasteiger partial charge in [0.1, 0.15) is 0 Å². The zero-order valence-electron chi connectivity index (χ0n) is 12.4. The lowest BCUT2D eigenvalue weighted by molar-refractivity contribution is -0.261. The molecule has 0 unspecified atom stereocenters. The molecule has 1 aliphatic heterocycles. The second-order valence-electron chi connectivity index (χ2n) is 5.76. The van der Waals surface area contributed by atoms with Crippen molar-refractivity contribution in [3.63, 3.8) is 0 Å². The first-order valence-electron chi connectivity index (χ1n) is 6.84. The van der Waals surface area contributed by atoms with Crippen molar-refractivity contribution in [1.82, 2.24) is 0 Å². The quantitative estimate of drug-likeness (QED) is 0.893. The standard InChI is InChI=1S/C15H20ClNO4/c1-9-11(4-10-7-20-15(2,3)21-8-10)5-12(6-13(9)16)17-14(18)19/h5-6,10,17H,4,7-8H2,1-3H3,(H,18,19). The van der Waals surface area contributed by atoms with Crippen LogP contribution in [0.3, 0.4) is 0 Å². The smallest absolute Gasteiger partial charge is 0.409 e. The molecule has 0 aromatic heterocycles. The Labute approximate surface area is 129 Å². The minimum absolute atomic E-state index is 0.230. The van der Waals surface area contributed by atoms with Gasteiger partial charge in [-0.3, -0.25) is 5.32 Å². The van der Waals surface area contributed by atoms with E-state index in [-0.39, 0.29) is 5.92 Å². The molecule has 0 bridgehead atoms. The molecule has 21 heavy (non-hydrogen) atoms. The molecule has 2 rings (SSSR count). The Kier molecular flexibility index (Phi) is 4.76. The van der Waals surface area contributed by atoms with Gasteiger partial charge in [0.2, 0.25) is 0 Å². The molecule has 0 radical (unpaired) electrons. The van der Waals surface area contributed by atoms with Gasteiger partial charge in [-0.15, -0.1) is 0 Å². The van der Waals surface area contributed by atoms with E-state index in [9.17, 15) is 4.79 Å². The summed E-state index contributed by atoms with van der Waals surface area (Å²) in [5.74, 6) is -0.302. The topological polar surface area (TPSA) is 67.8 Å². The maximum Gasteiger partial charge on any atom is 0.409 e. The fraction of sp³-hybridized carbons (Fsp3) is 0.533. The van der Waals surface area contributed by atoms with Crippen molar-refractivity contribution in [2.75, 3.05) is 18.5 Å². The lowest BCUT2D eigenvalue weighted by Crippen LogP contribution is -2.40. The summed E-state index contributed by atoms with van der Waals surface area (Å²) in [5.41, 5.74) is 2.44. The first-order valence-corrected chi connectivity index (χ1v) is 7.21. The van der Waals surface area contributed by atoms with Gasteiger partial charge in [0.25, 0.3) is 0 Å². The lowest BCUT2D eigenvalue weighted by atomic mass is 9.96. The normalized spacial score (nSPS) is 18.5. The largest absolute Gasteiger partial charge is 0.465 e. The fourth-order valence-corrected chi connectivity index (χ4v) is 2.54. The van der Waals surface area contributed by atoms with Crippen molar-refractivity contribution in [3.8, 4) is 0 Å². The van der Waals surface area contributed by atoms with Gasteiger partial charge in [-0.2, -0.15) is 0 Å². The maximum absolute atomic E-state index is 10.7. The Morgan fingerprint density at radius 1 is 1.43 bits per heavy atom. The van der Waals surface area contributed by atoms with Crippen LogP contribution < -0.4 is 5.32 Å². The van der Waals surface area contributed by atoms with Crippen molar-refractivity contribution >= 4 is 23.4 Å². The van der Waals surface area contributed by atoms with Gasteiger partial charge in [0.05, 0.1) is 13.2 Å². The van der Waals surface area contributed by atoms with E-state index in [1.807, 2.05) is 26.8 Å². The minimum Gasteiger partial charge on any atom is -0.465 e. The highest BCUT2D eigenvalue weighted by atomic mass is 35.5. The Morgan fingerprint density at radius 3 is 2.62 bits per heavy atom. The van der Waals surface area contributed by atoms with E-state index in [0.29, 0.717) is 23.9 Å². The van der Waals surface area contributed by atoms with Crippen LogP contribution in [0.1, 0.15) is 25.0 Å². The van der Waals surface area contributed by atoms with Crippen LogP contribution in [0.5, 0.6) is 0 Å². The fourth-order valence-electron chi connectivity index (χ4n) is 2.30. The summed E-state index contributed by atoms with van der Waals surface area (Å²) >= 11 is 6.17. The molecule has 1 aliphatic rings. The average Bonchev–Trinajstić information content (AvgIpc) is 2.37. The number of rotatable bonds is 3. The highest BCUT2D eigenvalue weighted by molar-refractivity contribution is 6.31. The van der Waals surface area contributed by atoms with Crippen LogP contribution in [0.15, 0.2) is 12.1 Å². The summed E-state index contributed by atoms with van der Waals surface area (Å²) in [7, 11) is 0. The van der Waals surface area contributed by atoms with E-state index in [2.05, 4.69) is 5.32 Å². The minimum atomic E-state index is -1.10. The van der Waals surface area contributed by atoms with Gasteiger partial charge < -0.3 is 14.6 Å². The van der Waals surface area contributed by atoms with Crippen molar-refractivity contribution in [3.05, 3.63) is 28.3 Å². The van der Waals surface area contributed by atoms with E-state index in [4.69, 9.17) is 26.2 Å². The number of ether oxygens (including phenoxy) is 2. The summed E-state index contributed by atoms with van der Waals surface area (Å²) in [5, 5.41) is 11.7. The van der Waals surface area contributed by atoms with Crippen molar-refractivity contribution in [2.24, 2.45) is 5.92 Å². The van der Waals surface area contributed by atoms with Crippen LogP contribution >= 0.6 is 11.6 Å². The molecule has 0 saturated carbocycles. The molecule has 0 aliphatic carbocycles. The third-order valence-electron chi connectivity index (χ3n) is 3.55. The summed E-state index contributed by atoms with van der Waals surface area (Å²) in [6, 6.07) is 3.43. The average molecular weight is 314 g/mol. The number of hydrogen-bond acceptors (Lipinski definition) is 3. The first kappa shape index (κ1) is 16.1. The van der Waals surface area contributed by atoms with Crippen molar-refractivity contribution in [1.29, 1.82) is 0 Å². The molecule has 5 nitrogen and oxygen atoms in total. The molecule has 0 spiro atoms. The molecule has 6 heteroatoms. The molecule has 1 fully saturated rings.